The Morgan fingerprint density at radius 3 is 2.69 bits per heavy atom. The molecular formula is C13H18O3. The Hall–Kier alpha value is -1.35. The van der Waals surface area contributed by atoms with Gasteiger partial charge in [0.25, 0.3) is 0 Å². The lowest BCUT2D eigenvalue weighted by molar-refractivity contribution is 0.112. The Balaban J connectivity index is 2.64. The SMILES string of the molecule is COCCCCc1cc(C=O)ccc1OC. The van der Waals surface area contributed by atoms with Gasteiger partial charge in [-0.3, -0.25) is 4.79 Å². The number of carbonyl (C=O) groups is 1. The van der Waals surface area contributed by atoms with Crippen molar-refractivity contribution in [1.82, 2.24) is 0 Å². The van der Waals surface area contributed by atoms with Gasteiger partial charge >= 0.3 is 0 Å². The van der Waals surface area contributed by atoms with Crippen LogP contribution in [0.4, 0.5) is 0 Å². The first-order valence-corrected chi connectivity index (χ1v) is 5.43. The summed E-state index contributed by atoms with van der Waals surface area (Å²) in [5.41, 5.74) is 1.78. The van der Waals surface area contributed by atoms with E-state index >= 15 is 0 Å². The van der Waals surface area contributed by atoms with Crippen LogP contribution >= 0.6 is 0 Å². The molecule has 0 fully saturated rings. The highest BCUT2D eigenvalue weighted by Gasteiger charge is 2.03. The van der Waals surface area contributed by atoms with Gasteiger partial charge < -0.3 is 9.47 Å². The molecule has 0 aliphatic rings. The van der Waals surface area contributed by atoms with Gasteiger partial charge in [-0.15, -0.1) is 0 Å². The summed E-state index contributed by atoms with van der Waals surface area (Å²) in [6.45, 7) is 0.773. The number of aryl methyl sites for hydroxylation is 1. The summed E-state index contributed by atoms with van der Waals surface area (Å²) in [6, 6.07) is 5.50. The molecule has 0 aliphatic heterocycles. The van der Waals surface area contributed by atoms with Crippen LogP contribution in [0.2, 0.25) is 0 Å². The van der Waals surface area contributed by atoms with E-state index in [2.05, 4.69) is 0 Å². The van der Waals surface area contributed by atoms with Crippen molar-refractivity contribution in [3.8, 4) is 5.75 Å². The number of methoxy groups -OCH3 is 2. The third-order valence-corrected chi connectivity index (χ3v) is 2.49. The quantitative estimate of drug-likeness (QED) is 0.525. The smallest absolute Gasteiger partial charge is 0.150 e. The predicted molar refractivity (Wildman–Crippen MR) is 63.2 cm³/mol. The van der Waals surface area contributed by atoms with Gasteiger partial charge in [-0.1, -0.05) is 0 Å². The highest BCUT2D eigenvalue weighted by atomic mass is 16.5. The van der Waals surface area contributed by atoms with Crippen molar-refractivity contribution in [2.24, 2.45) is 0 Å². The van der Waals surface area contributed by atoms with E-state index in [0.29, 0.717) is 5.56 Å². The van der Waals surface area contributed by atoms with Crippen molar-refractivity contribution in [1.29, 1.82) is 0 Å². The molecule has 0 N–H and O–H groups in total. The van der Waals surface area contributed by atoms with Crippen LogP contribution in [0, 0.1) is 0 Å². The van der Waals surface area contributed by atoms with Crippen molar-refractivity contribution in [3.63, 3.8) is 0 Å². The summed E-state index contributed by atoms with van der Waals surface area (Å²) in [5.74, 6) is 0.850. The maximum atomic E-state index is 10.7. The highest BCUT2D eigenvalue weighted by Crippen LogP contribution is 2.21. The number of hydrogen-bond acceptors (Lipinski definition) is 3. The zero-order chi connectivity index (χ0) is 11.8. The Morgan fingerprint density at radius 1 is 1.25 bits per heavy atom. The maximum Gasteiger partial charge on any atom is 0.150 e. The van der Waals surface area contributed by atoms with Gasteiger partial charge in [0.05, 0.1) is 7.11 Å². The molecule has 0 aliphatic carbocycles. The molecule has 0 atom stereocenters. The molecule has 0 saturated heterocycles. The van der Waals surface area contributed by atoms with Crippen molar-refractivity contribution < 1.29 is 14.3 Å². The van der Waals surface area contributed by atoms with E-state index in [-0.39, 0.29) is 0 Å². The van der Waals surface area contributed by atoms with E-state index in [1.807, 2.05) is 12.1 Å². The fraction of sp³-hybridized carbons (Fsp3) is 0.462. The molecular weight excluding hydrogens is 204 g/mol. The van der Waals surface area contributed by atoms with E-state index in [1.165, 1.54) is 0 Å². The molecule has 1 rings (SSSR count). The minimum Gasteiger partial charge on any atom is -0.496 e. The van der Waals surface area contributed by atoms with Crippen LogP contribution in [0.3, 0.4) is 0 Å². The first kappa shape index (κ1) is 12.7. The number of hydrogen-bond donors (Lipinski definition) is 0. The molecule has 88 valence electrons. The lowest BCUT2D eigenvalue weighted by atomic mass is 10.0. The van der Waals surface area contributed by atoms with Crippen LogP contribution in [0.25, 0.3) is 0 Å². The number of rotatable bonds is 7. The van der Waals surface area contributed by atoms with E-state index in [0.717, 1.165) is 43.5 Å². The molecule has 0 radical (unpaired) electrons. The third kappa shape index (κ3) is 3.66. The Kier molecular flexibility index (Phi) is 5.57. The van der Waals surface area contributed by atoms with E-state index in [1.54, 1.807) is 20.3 Å². The molecule has 1 aromatic carbocycles. The lowest BCUT2D eigenvalue weighted by Crippen LogP contribution is -1.96. The highest BCUT2D eigenvalue weighted by molar-refractivity contribution is 5.75. The summed E-state index contributed by atoms with van der Waals surface area (Å²) in [6.07, 6.45) is 3.82. The molecule has 0 heterocycles. The van der Waals surface area contributed by atoms with Crippen molar-refractivity contribution >= 4 is 6.29 Å². The standard InChI is InChI=1S/C13H18O3/c1-15-8-4-3-5-12-9-11(10-14)6-7-13(12)16-2/h6-7,9-10H,3-5,8H2,1-2H3. The molecule has 0 saturated carbocycles. The third-order valence-electron chi connectivity index (χ3n) is 2.49. The van der Waals surface area contributed by atoms with E-state index < -0.39 is 0 Å². The Labute approximate surface area is 96.4 Å². The lowest BCUT2D eigenvalue weighted by Gasteiger charge is -2.08. The summed E-state index contributed by atoms with van der Waals surface area (Å²) in [5, 5.41) is 0. The molecule has 3 heteroatoms. The zero-order valence-corrected chi connectivity index (χ0v) is 9.86. The maximum absolute atomic E-state index is 10.7. The minimum atomic E-state index is 0.697. The average molecular weight is 222 g/mol. The first-order valence-electron chi connectivity index (χ1n) is 5.43. The van der Waals surface area contributed by atoms with E-state index in [4.69, 9.17) is 9.47 Å². The zero-order valence-electron chi connectivity index (χ0n) is 9.86. The van der Waals surface area contributed by atoms with Gasteiger partial charge in [-0.2, -0.15) is 0 Å². The predicted octanol–water partition coefficient (Wildman–Crippen LogP) is 2.48. The molecule has 16 heavy (non-hydrogen) atoms. The summed E-state index contributed by atoms with van der Waals surface area (Å²) >= 11 is 0. The number of unbranched alkanes of at least 4 members (excludes halogenated alkanes) is 1. The van der Waals surface area contributed by atoms with Crippen LogP contribution in [-0.2, 0) is 11.2 Å². The van der Waals surface area contributed by atoms with Gasteiger partial charge in [-0.05, 0) is 43.0 Å². The van der Waals surface area contributed by atoms with Crippen molar-refractivity contribution in [2.75, 3.05) is 20.8 Å². The number of aldehydes is 1. The molecule has 0 amide bonds. The van der Waals surface area contributed by atoms with Crippen LogP contribution in [0.15, 0.2) is 18.2 Å². The van der Waals surface area contributed by atoms with E-state index in [9.17, 15) is 4.79 Å². The fourth-order valence-corrected chi connectivity index (χ4v) is 1.63. The molecule has 0 aromatic heterocycles. The monoisotopic (exact) mass is 222 g/mol. The second-order valence-corrected chi connectivity index (χ2v) is 3.64. The fourth-order valence-electron chi connectivity index (χ4n) is 1.63. The summed E-state index contributed by atoms with van der Waals surface area (Å²) in [7, 11) is 3.35. The molecule has 0 unspecified atom stereocenters. The van der Waals surface area contributed by atoms with Gasteiger partial charge in [0.2, 0.25) is 0 Å². The second-order valence-electron chi connectivity index (χ2n) is 3.64. The van der Waals surface area contributed by atoms with Crippen molar-refractivity contribution in [2.45, 2.75) is 19.3 Å². The topological polar surface area (TPSA) is 35.5 Å². The molecule has 0 bridgehead atoms. The average Bonchev–Trinajstić information content (AvgIpc) is 2.34. The largest absolute Gasteiger partial charge is 0.496 e. The molecule has 0 spiro atoms. The minimum absolute atomic E-state index is 0.697. The Bertz CT molecular complexity index is 334. The normalized spacial score (nSPS) is 10.1. The summed E-state index contributed by atoms with van der Waals surface area (Å²) < 4.78 is 10.2. The van der Waals surface area contributed by atoms with Gasteiger partial charge in [-0.25, -0.2) is 0 Å². The molecule has 3 nitrogen and oxygen atoms in total. The van der Waals surface area contributed by atoms with Gasteiger partial charge in [0, 0.05) is 19.3 Å². The first-order chi connectivity index (χ1) is 7.81. The van der Waals surface area contributed by atoms with Crippen molar-refractivity contribution in [3.05, 3.63) is 29.3 Å². The second kappa shape index (κ2) is 7.01. The number of ether oxygens (including phenoxy) is 2. The number of benzene rings is 1. The van der Waals surface area contributed by atoms with Crippen LogP contribution < -0.4 is 4.74 Å². The molecule has 1 aromatic rings. The van der Waals surface area contributed by atoms with Crippen LogP contribution in [0.1, 0.15) is 28.8 Å². The summed E-state index contributed by atoms with van der Waals surface area (Å²) in [4.78, 5) is 10.7. The Morgan fingerprint density at radius 2 is 2.06 bits per heavy atom. The van der Waals surface area contributed by atoms with Gasteiger partial charge in [0.15, 0.2) is 0 Å². The number of carbonyl (C=O) groups excluding carboxylic acids is 1. The van der Waals surface area contributed by atoms with Gasteiger partial charge in [0.1, 0.15) is 12.0 Å². The van der Waals surface area contributed by atoms with Crippen LogP contribution in [0.5, 0.6) is 5.75 Å². The van der Waals surface area contributed by atoms with Crippen LogP contribution in [-0.4, -0.2) is 27.1 Å².